The van der Waals surface area contributed by atoms with Crippen LogP contribution in [0.5, 0.6) is 0 Å². The summed E-state index contributed by atoms with van der Waals surface area (Å²) >= 11 is 0. The first-order valence-electron chi connectivity index (χ1n) is 5.80. The zero-order valence-corrected chi connectivity index (χ0v) is 9.85. The summed E-state index contributed by atoms with van der Waals surface area (Å²) in [4.78, 5) is 10.3. The second-order valence-electron chi connectivity index (χ2n) is 4.50. The fraction of sp³-hybridized carbons (Fsp3) is 0.385. The predicted octanol–water partition coefficient (Wildman–Crippen LogP) is 2.75. The fourth-order valence-corrected chi connectivity index (χ4v) is 1.66. The highest BCUT2D eigenvalue weighted by Crippen LogP contribution is 2.19. The van der Waals surface area contributed by atoms with Gasteiger partial charge in [0.2, 0.25) is 0 Å². The van der Waals surface area contributed by atoms with Gasteiger partial charge >= 0.3 is 0 Å². The molecule has 0 aromatic heterocycles. The largest absolute Gasteiger partial charge is 0.310 e. The number of rotatable bonds is 5. The van der Waals surface area contributed by atoms with Crippen molar-refractivity contribution in [3.63, 3.8) is 0 Å². The van der Waals surface area contributed by atoms with Crippen LogP contribution in [0.15, 0.2) is 29.8 Å². The normalized spacial score (nSPS) is 15.9. The first-order valence-corrected chi connectivity index (χ1v) is 5.80. The van der Waals surface area contributed by atoms with Gasteiger partial charge < -0.3 is 5.32 Å². The molecule has 0 bridgehead atoms. The molecule has 90 valence electrons. The van der Waals surface area contributed by atoms with Crippen molar-refractivity contribution in [1.82, 2.24) is 5.32 Å². The van der Waals surface area contributed by atoms with Crippen LogP contribution in [0.25, 0.3) is 6.08 Å². The van der Waals surface area contributed by atoms with Crippen LogP contribution in [0.1, 0.15) is 25.3 Å². The van der Waals surface area contributed by atoms with E-state index in [1.807, 2.05) is 19.1 Å². The first kappa shape index (κ1) is 11.8. The van der Waals surface area contributed by atoms with E-state index in [1.165, 1.54) is 24.5 Å². The van der Waals surface area contributed by atoms with Gasteiger partial charge in [-0.25, -0.2) is 0 Å². The van der Waals surface area contributed by atoms with Crippen LogP contribution in [0.2, 0.25) is 0 Å². The second kappa shape index (κ2) is 5.10. The Labute approximate surface area is 100 Å². The van der Waals surface area contributed by atoms with Crippen LogP contribution >= 0.6 is 0 Å². The van der Waals surface area contributed by atoms with Crippen molar-refractivity contribution in [2.24, 2.45) is 0 Å². The Balaban J connectivity index is 2.02. The van der Waals surface area contributed by atoms with Crippen molar-refractivity contribution < 1.29 is 4.92 Å². The van der Waals surface area contributed by atoms with E-state index in [0.717, 1.165) is 12.1 Å². The van der Waals surface area contributed by atoms with Gasteiger partial charge in [0, 0.05) is 24.7 Å². The molecular formula is C13H16N2O2. The van der Waals surface area contributed by atoms with E-state index in [-0.39, 0.29) is 10.6 Å². The quantitative estimate of drug-likeness (QED) is 0.627. The molecule has 17 heavy (non-hydrogen) atoms. The number of nitrogens with one attached hydrogen (secondary N) is 1. The molecule has 0 aliphatic heterocycles. The van der Waals surface area contributed by atoms with Crippen LogP contribution in [0, 0.1) is 10.1 Å². The Bertz CT molecular complexity index is 450. The highest BCUT2D eigenvalue weighted by atomic mass is 16.6. The maximum atomic E-state index is 10.6. The Morgan fingerprint density at radius 3 is 3.00 bits per heavy atom. The summed E-state index contributed by atoms with van der Waals surface area (Å²) in [5.74, 6) is 0. The molecule has 0 radical (unpaired) electrons. The zero-order chi connectivity index (χ0) is 12.3. The van der Waals surface area contributed by atoms with Crippen LogP contribution in [0.4, 0.5) is 5.69 Å². The summed E-state index contributed by atoms with van der Waals surface area (Å²) in [6, 6.07) is 7.39. The average Bonchev–Trinajstić information content (AvgIpc) is 3.10. The van der Waals surface area contributed by atoms with Crippen molar-refractivity contribution in [2.45, 2.75) is 25.8 Å². The van der Waals surface area contributed by atoms with Crippen molar-refractivity contribution in [3.05, 3.63) is 45.5 Å². The first-order chi connectivity index (χ1) is 8.15. The summed E-state index contributed by atoms with van der Waals surface area (Å²) in [5, 5.41) is 14.0. The predicted molar refractivity (Wildman–Crippen MR) is 67.8 cm³/mol. The molecule has 4 nitrogen and oxygen atoms in total. The summed E-state index contributed by atoms with van der Waals surface area (Å²) in [6.07, 6.45) is 4.52. The van der Waals surface area contributed by atoms with Crippen LogP contribution < -0.4 is 5.32 Å². The lowest BCUT2D eigenvalue weighted by Gasteiger charge is -2.03. The van der Waals surface area contributed by atoms with Gasteiger partial charge in [0.25, 0.3) is 5.69 Å². The average molecular weight is 232 g/mol. The molecule has 1 fully saturated rings. The Hall–Kier alpha value is -1.68. The molecule has 1 aliphatic rings. The SMILES string of the molecule is CC(=Cc1cccc([N+](=O)[O-])c1)CNC1CC1. The van der Waals surface area contributed by atoms with Crippen LogP contribution in [-0.4, -0.2) is 17.5 Å². The molecule has 0 unspecified atom stereocenters. The van der Waals surface area contributed by atoms with Crippen LogP contribution in [-0.2, 0) is 0 Å². The standard InChI is InChI=1S/C13H16N2O2/c1-10(9-14-12-5-6-12)7-11-3-2-4-13(8-11)15(16)17/h2-4,7-8,12,14H,5-6,9H2,1H3. The minimum Gasteiger partial charge on any atom is -0.310 e. The van der Waals surface area contributed by atoms with Crippen LogP contribution in [0.3, 0.4) is 0 Å². The van der Waals surface area contributed by atoms with Gasteiger partial charge in [-0.1, -0.05) is 23.8 Å². The molecule has 0 amide bonds. The molecule has 0 spiro atoms. The summed E-state index contributed by atoms with van der Waals surface area (Å²) in [6.45, 7) is 2.89. The van der Waals surface area contributed by atoms with E-state index in [9.17, 15) is 10.1 Å². The van der Waals surface area contributed by atoms with Crippen molar-refractivity contribution in [2.75, 3.05) is 6.54 Å². The minimum atomic E-state index is -0.366. The molecule has 1 aliphatic carbocycles. The van der Waals surface area contributed by atoms with Gasteiger partial charge in [0.1, 0.15) is 0 Å². The maximum Gasteiger partial charge on any atom is 0.270 e. The van der Waals surface area contributed by atoms with Crippen molar-refractivity contribution in [1.29, 1.82) is 0 Å². The number of nitro groups is 1. The van der Waals surface area contributed by atoms with Gasteiger partial charge in [-0.05, 0) is 25.3 Å². The number of benzene rings is 1. The molecular weight excluding hydrogens is 216 g/mol. The third-order valence-corrected chi connectivity index (χ3v) is 2.74. The molecule has 1 aromatic rings. The minimum absolute atomic E-state index is 0.140. The fourth-order valence-electron chi connectivity index (χ4n) is 1.66. The van der Waals surface area contributed by atoms with E-state index in [0.29, 0.717) is 6.04 Å². The van der Waals surface area contributed by atoms with Gasteiger partial charge in [-0.2, -0.15) is 0 Å². The van der Waals surface area contributed by atoms with Gasteiger partial charge in [0.15, 0.2) is 0 Å². The topological polar surface area (TPSA) is 55.2 Å². The van der Waals surface area contributed by atoms with Crippen molar-refractivity contribution in [3.8, 4) is 0 Å². The smallest absolute Gasteiger partial charge is 0.270 e. The van der Waals surface area contributed by atoms with E-state index >= 15 is 0 Å². The lowest BCUT2D eigenvalue weighted by Crippen LogP contribution is -2.18. The molecule has 0 atom stereocenters. The zero-order valence-electron chi connectivity index (χ0n) is 9.85. The van der Waals surface area contributed by atoms with Gasteiger partial charge in [0.05, 0.1) is 4.92 Å². The highest BCUT2D eigenvalue weighted by Gasteiger charge is 2.19. The monoisotopic (exact) mass is 232 g/mol. The Morgan fingerprint density at radius 1 is 1.59 bits per heavy atom. The number of nitro benzene ring substituents is 1. The molecule has 4 heteroatoms. The molecule has 2 rings (SSSR count). The van der Waals surface area contributed by atoms with E-state index < -0.39 is 0 Å². The molecule has 0 saturated heterocycles. The Morgan fingerprint density at radius 2 is 2.35 bits per heavy atom. The van der Waals surface area contributed by atoms with E-state index in [2.05, 4.69) is 5.32 Å². The van der Waals surface area contributed by atoms with E-state index in [1.54, 1.807) is 12.1 Å². The lowest BCUT2D eigenvalue weighted by molar-refractivity contribution is -0.384. The maximum absolute atomic E-state index is 10.6. The summed E-state index contributed by atoms with van der Waals surface area (Å²) in [7, 11) is 0. The molecule has 1 N–H and O–H groups in total. The van der Waals surface area contributed by atoms with E-state index in [4.69, 9.17) is 0 Å². The number of hydrogen-bond acceptors (Lipinski definition) is 3. The lowest BCUT2D eigenvalue weighted by atomic mass is 10.1. The highest BCUT2D eigenvalue weighted by molar-refractivity contribution is 5.56. The number of non-ortho nitro benzene ring substituents is 1. The third kappa shape index (κ3) is 3.67. The summed E-state index contributed by atoms with van der Waals surface area (Å²) in [5.41, 5.74) is 2.22. The number of nitrogens with zero attached hydrogens (tertiary/aromatic N) is 1. The second-order valence-corrected chi connectivity index (χ2v) is 4.50. The molecule has 1 saturated carbocycles. The van der Waals surface area contributed by atoms with Crippen molar-refractivity contribution >= 4 is 11.8 Å². The van der Waals surface area contributed by atoms with Gasteiger partial charge in [-0.3, -0.25) is 10.1 Å². The molecule has 1 aromatic carbocycles. The van der Waals surface area contributed by atoms with Gasteiger partial charge in [-0.15, -0.1) is 0 Å². The summed E-state index contributed by atoms with van der Waals surface area (Å²) < 4.78 is 0. The number of hydrogen-bond donors (Lipinski definition) is 1. The Kier molecular flexibility index (Phi) is 3.54. The molecule has 0 heterocycles. The third-order valence-electron chi connectivity index (χ3n) is 2.74.